The molecule has 0 saturated carbocycles. The lowest BCUT2D eigenvalue weighted by atomic mass is 9.93. The Morgan fingerprint density at radius 2 is 1.67 bits per heavy atom. The van der Waals surface area contributed by atoms with Gasteiger partial charge in [-0.1, -0.05) is 85.0 Å². The molecule has 96 valence electrons. The molecule has 0 bridgehead atoms. The number of alkyl halides is 3. The SMILES string of the molecule is CC(C)Cc1c(C(Cl)(Cl)Cl)ccc2ccccc12. The van der Waals surface area contributed by atoms with Gasteiger partial charge in [-0.25, -0.2) is 0 Å². The lowest BCUT2D eigenvalue weighted by Gasteiger charge is -2.20. The fourth-order valence-corrected chi connectivity index (χ4v) is 2.76. The van der Waals surface area contributed by atoms with Crippen LogP contribution in [0.5, 0.6) is 0 Å². The molecule has 0 N–H and O–H groups in total. The molecule has 0 aliphatic heterocycles. The van der Waals surface area contributed by atoms with E-state index in [2.05, 4.69) is 26.0 Å². The largest absolute Gasteiger partial charge is 0.216 e. The quantitative estimate of drug-likeness (QED) is 0.609. The summed E-state index contributed by atoms with van der Waals surface area (Å²) in [4.78, 5) is 0. The average Bonchev–Trinajstić information content (AvgIpc) is 2.27. The topological polar surface area (TPSA) is 0 Å². The Morgan fingerprint density at radius 1 is 1.00 bits per heavy atom. The van der Waals surface area contributed by atoms with Crippen molar-refractivity contribution in [3.05, 3.63) is 47.5 Å². The fraction of sp³-hybridized carbons (Fsp3) is 0.333. The molecule has 0 unspecified atom stereocenters. The van der Waals surface area contributed by atoms with E-state index >= 15 is 0 Å². The molecule has 0 nitrogen and oxygen atoms in total. The summed E-state index contributed by atoms with van der Waals surface area (Å²) in [5, 5.41) is 2.36. The molecule has 2 aromatic rings. The third-order valence-corrected chi connectivity index (χ3v) is 3.57. The number of hydrogen-bond acceptors (Lipinski definition) is 0. The molecule has 0 fully saturated rings. The first-order chi connectivity index (χ1) is 8.39. The van der Waals surface area contributed by atoms with Crippen molar-refractivity contribution in [2.75, 3.05) is 0 Å². The standard InChI is InChI=1S/C15H15Cl3/c1-10(2)9-13-12-6-4-3-5-11(12)7-8-14(13)15(16,17)18/h3-8,10H,9H2,1-2H3. The first kappa shape index (κ1) is 14.0. The Labute approximate surface area is 123 Å². The van der Waals surface area contributed by atoms with Gasteiger partial charge >= 0.3 is 0 Å². The molecule has 2 rings (SSSR count). The van der Waals surface area contributed by atoms with E-state index in [0.29, 0.717) is 5.92 Å². The van der Waals surface area contributed by atoms with Gasteiger partial charge in [-0.05, 0) is 28.7 Å². The number of benzene rings is 2. The van der Waals surface area contributed by atoms with Crippen LogP contribution in [0, 0.1) is 5.92 Å². The molecule has 0 radical (unpaired) electrons. The maximum absolute atomic E-state index is 6.08. The third kappa shape index (κ3) is 2.93. The van der Waals surface area contributed by atoms with Crippen molar-refractivity contribution in [1.82, 2.24) is 0 Å². The summed E-state index contributed by atoms with van der Waals surface area (Å²) < 4.78 is -1.37. The van der Waals surface area contributed by atoms with Crippen LogP contribution < -0.4 is 0 Å². The Kier molecular flexibility index (Phi) is 4.11. The highest BCUT2D eigenvalue weighted by Crippen LogP contribution is 2.42. The maximum Gasteiger partial charge on any atom is 0.216 e. The van der Waals surface area contributed by atoms with Crippen LogP contribution in [0.25, 0.3) is 10.8 Å². The Balaban J connectivity index is 2.71. The van der Waals surface area contributed by atoms with Crippen molar-refractivity contribution < 1.29 is 0 Å². The summed E-state index contributed by atoms with van der Waals surface area (Å²) in [6.45, 7) is 4.34. The predicted molar refractivity (Wildman–Crippen MR) is 81.7 cm³/mol. The van der Waals surface area contributed by atoms with Gasteiger partial charge in [0.15, 0.2) is 0 Å². The van der Waals surface area contributed by atoms with E-state index in [1.165, 1.54) is 10.8 Å². The van der Waals surface area contributed by atoms with Crippen molar-refractivity contribution in [1.29, 1.82) is 0 Å². The number of fused-ring (bicyclic) bond motifs is 1. The van der Waals surface area contributed by atoms with Gasteiger partial charge in [-0.3, -0.25) is 0 Å². The fourth-order valence-electron chi connectivity index (χ4n) is 2.23. The summed E-state index contributed by atoms with van der Waals surface area (Å²) >= 11 is 18.2. The van der Waals surface area contributed by atoms with Gasteiger partial charge in [0.2, 0.25) is 3.79 Å². The van der Waals surface area contributed by atoms with Crippen molar-refractivity contribution in [3.8, 4) is 0 Å². The van der Waals surface area contributed by atoms with Crippen molar-refractivity contribution in [3.63, 3.8) is 0 Å². The Morgan fingerprint density at radius 3 is 2.28 bits per heavy atom. The summed E-state index contributed by atoms with van der Waals surface area (Å²) in [5.74, 6) is 0.516. The zero-order chi connectivity index (χ0) is 13.3. The van der Waals surface area contributed by atoms with Gasteiger partial charge in [0.25, 0.3) is 0 Å². The molecule has 2 aromatic carbocycles. The Bertz CT molecular complexity index is 553. The molecule has 0 saturated heterocycles. The van der Waals surface area contributed by atoms with Crippen LogP contribution in [0.3, 0.4) is 0 Å². The van der Waals surface area contributed by atoms with Crippen LogP contribution in [0.2, 0.25) is 0 Å². The van der Waals surface area contributed by atoms with Gasteiger partial charge in [0.05, 0.1) is 0 Å². The smallest absolute Gasteiger partial charge is 0.0784 e. The van der Waals surface area contributed by atoms with E-state index in [0.717, 1.165) is 17.5 Å². The average molecular weight is 302 g/mol. The van der Waals surface area contributed by atoms with E-state index in [9.17, 15) is 0 Å². The van der Waals surface area contributed by atoms with Gasteiger partial charge in [-0.15, -0.1) is 0 Å². The van der Waals surface area contributed by atoms with E-state index in [1.54, 1.807) is 0 Å². The highest BCUT2D eigenvalue weighted by atomic mass is 35.6. The van der Waals surface area contributed by atoms with E-state index in [-0.39, 0.29) is 0 Å². The lowest BCUT2D eigenvalue weighted by molar-refractivity contribution is 0.646. The molecule has 0 spiro atoms. The van der Waals surface area contributed by atoms with Gasteiger partial charge < -0.3 is 0 Å². The predicted octanol–water partition coefficient (Wildman–Crippen LogP) is 5.87. The molecule has 0 aliphatic rings. The monoisotopic (exact) mass is 300 g/mol. The molecule has 18 heavy (non-hydrogen) atoms. The molecule has 0 aliphatic carbocycles. The minimum absolute atomic E-state index is 0.516. The summed E-state index contributed by atoms with van der Waals surface area (Å²) in [7, 11) is 0. The molecule has 0 heterocycles. The third-order valence-electron chi connectivity index (χ3n) is 2.96. The molecule has 3 heteroatoms. The molecule has 0 atom stereocenters. The minimum Gasteiger partial charge on any atom is -0.0784 e. The van der Waals surface area contributed by atoms with Gasteiger partial charge in [0, 0.05) is 5.56 Å². The first-order valence-corrected chi connectivity index (χ1v) is 7.11. The second-order valence-corrected chi connectivity index (χ2v) is 7.19. The number of rotatable bonds is 2. The van der Waals surface area contributed by atoms with Crippen molar-refractivity contribution in [2.45, 2.75) is 24.1 Å². The van der Waals surface area contributed by atoms with Crippen LogP contribution in [-0.4, -0.2) is 0 Å². The minimum atomic E-state index is -1.37. The van der Waals surface area contributed by atoms with Gasteiger partial charge in [0.1, 0.15) is 0 Å². The zero-order valence-electron chi connectivity index (χ0n) is 10.4. The maximum atomic E-state index is 6.08. The van der Waals surface area contributed by atoms with Crippen LogP contribution in [0.1, 0.15) is 25.0 Å². The Hall–Kier alpha value is -0.430. The molecule has 0 amide bonds. The number of halogens is 3. The van der Waals surface area contributed by atoms with E-state index in [1.807, 2.05) is 24.3 Å². The van der Waals surface area contributed by atoms with Crippen LogP contribution >= 0.6 is 34.8 Å². The summed E-state index contributed by atoms with van der Waals surface area (Å²) in [6.07, 6.45) is 0.907. The lowest BCUT2D eigenvalue weighted by Crippen LogP contribution is -2.08. The molecular weight excluding hydrogens is 287 g/mol. The number of hydrogen-bond donors (Lipinski definition) is 0. The molecule has 0 aromatic heterocycles. The van der Waals surface area contributed by atoms with E-state index in [4.69, 9.17) is 34.8 Å². The van der Waals surface area contributed by atoms with Gasteiger partial charge in [-0.2, -0.15) is 0 Å². The van der Waals surface area contributed by atoms with Crippen LogP contribution in [0.4, 0.5) is 0 Å². The van der Waals surface area contributed by atoms with E-state index < -0.39 is 3.79 Å². The van der Waals surface area contributed by atoms with Crippen LogP contribution in [0.15, 0.2) is 36.4 Å². The molecular formula is C15H15Cl3. The van der Waals surface area contributed by atoms with Crippen molar-refractivity contribution >= 4 is 45.6 Å². The van der Waals surface area contributed by atoms with Crippen molar-refractivity contribution in [2.24, 2.45) is 5.92 Å². The normalized spacial score (nSPS) is 12.3. The van der Waals surface area contributed by atoms with Crippen LogP contribution in [-0.2, 0) is 10.2 Å². The summed E-state index contributed by atoms with van der Waals surface area (Å²) in [6, 6.07) is 12.2. The first-order valence-electron chi connectivity index (χ1n) is 5.97. The summed E-state index contributed by atoms with van der Waals surface area (Å²) in [5.41, 5.74) is 1.93. The zero-order valence-corrected chi connectivity index (χ0v) is 12.7. The second-order valence-electron chi connectivity index (χ2n) is 4.91. The second kappa shape index (κ2) is 5.28. The highest BCUT2D eigenvalue weighted by molar-refractivity contribution is 6.66. The highest BCUT2D eigenvalue weighted by Gasteiger charge is 2.27.